The second-order valence-corrected chi connectivity index (χ2v) is 4.45. The zero-order chi connectivity index (χ0) is 11.4. The van der Waals surface area contributed by atoms with Crippen LogP contribution in [-0.2, 0) is 0 Å². The summed E-state index contributed by atoms with van der Waals surface area (Å²) in [4.78, 5) is 6.65. The van der Waals surface area contributed by atoms with Crippen LogP contribution in [-0.4, -0.2) is 36.1 Å². The molecule has 0 aromatic carbocycles. The van der Waals surface area contributed by atoms with Gasteiger partial charge in [-0.25, -0.2) is 4.98 Å². The predicted octanol–water partition coefficient (Wildman–Crippen LogP) is 2.93. The first-order chi connectivity index (χ1) is 7.83. The number of nitrogens with zero attached hydrogens (tertiary/aromatic N) is 2. The number of hydrogen-bond donors (Lipinski definition) is 1. The van der Waals surface area contributed by atoms with Crippen LogP contribution in [0.5, 0.6) is 0 Å². The highest BCUT2D eigenvalue weighted by Crippen LogP contribution is 2.28. The van der Waals surface area contributed by atoms with E-state index in [0.29, 0.717) is 11.2 Å². The number of pyridine rings is 1. The van der Waals surface area contributed by atoms with E-state index in [1.807, 2.05) is 6.07 Å². The summed E-state index contributed by atoms with van der Waals surface area (Å²) >= 11 is 6.16. The van der Waals surface area contributed by atoms with Crippen molar-refractivity contribution >= 4 is 36.4 Å². The molecule has 1 fully saturated rings. The molecule has 104 valence electrons. The van der Waals surface area contributed by atoms with Gasteiger partial charge in [-0.2, -0.15) is 0 Å². The highest BCUT2D eigenvalue weighted by atomic mass is 35.5. The van der Waals surface area contributed by atoms with Crippen molar-refractivity contribution in [1.29, 1.82) is 0 Å². The van der Waals surface area contributed by atoms with Crippen molar-refractivity contribution in [2.45, 2.75) is 19.4 Å². The van der Waals surface area contributed by atoms with Crippen LogP contribution in [0.1, 0.15) is 24.9 Å². The number of rotatable bonds is 3. The molecular weight excluding hydrogens is 293 g/mol. The Kier molecular flexibility index (Phi) is 8.91. The molecule has 1 aliphatic rings. The minimum Gasteiger partial charge on any atom is -0.314 e. The Morgan fingerprint density at radius 3 is 2.61 bits per heavy atom. The van der Waals surface area contributed by atoms with Gasteiger partial charge in [0, 0.05) is 44.0 Å². The van der Waals surface area contributed by atoms with Gasteiger partial charge in [-0.05, 0) is 12.5 Å². The zero-order valence-electron chi connectivity index (χ0n) is 10.4. The lowest BCUT2D eigenvalue weighted by atomic mass is 10.0. The lowest BCUT2D eigenvalue weighted by molar-refractivity contribution is 0.169. The number of piperazine rings is 1. The Labute approximate surface area is 126 Å². The molecule has 18 heavy (non-hydrogen) atoms. The van der Waals surface area contributed by atoms with Gasteiger partial charge in [0.1, 0.15) is 5.15 Å². The summed E-state index contributed by atoms with van der Waals surface area (Å²) < 4.78 is 0. The SMILES string of the molecule is CC[C@H](c1cccnc1Cl)N1CCNCC1.Cl.Cl. The van der Waals surface area contributed by atoms with Crippen LogP contribution in [0.3, 0.4) is 0 Å². The second kappa shape index (κ2) is 8.94. The monoisotopic (exact) mass is 311 g/mol. The van der Waals surface area contributed by atoms with Gasteiger partial charge >= 0.3 is 0 Å². The maximum Gasteiger partial charge on any atom is 0.133 e. The van der Waals surface area contributed by atoms with Gasteiger partial charge in [0.15, 0.2) is 0 Å². The summed E-state index contributed by atoms with van der Waals surface area (Å²) in [5.41, 5.74) is 1.16. The van der Waals surface area contributed by atoms with Crippen molar-refractivity contribution in [3.8, 4) is 0 Å². The van der Waals surface area contributed by atoms with Crippen molar-refractivity contribution in [2.24, 2.45) is 0 Å². The Morgan fingerprint density at radius 1 is 1.39 bits per heavy atom. The van der Waals surface area contributed by atoms with Gasteiger partial charge in [0.05, 0.1) is 0 Å². The van der Waals surface area contributed by atoms with E-state index in [1.165, 1.54) is 0 Å². The van der Waals surface area contributed by atoms with Crippen LogP contribution in [0, 0.1) is 0 Å². The maximum atomic E-state index is 6.16. The highest BCUT2D eigenvalue weighted by Gasteiger charge is 2.22. The fourth-order valence-corrected chi connectivity index (χ4v) is 2.56. The third-order valence-electron chi connectivity index (χ3n) is 3.13. The molecule has 0 spiro atoms. The number of halogens is 3. The molecule has 1 aliphatic heterocycles. The topological polar surface area (TPSA) is 28.2 Å². The Hall–Kier alpha value is -0.0600. The largest absolute Gasteiger partial charge is 0.314 e. The molecule has 3 nitrogen and oxygen atoms in total. The second-order valence-electron chi connectivity index (χ2n) is 4.09. The Bertz CT molecular complexity index is 343. The standard InChI is InChI=1S/C12H18ClN3.2ClH/c1-2-11(16-8-6-14-7-9-16)10-4-3-5-15-12(10)13;;/h3-5,11,14H,2,6-9H2,1H3;2*1H/t11-;;/m1../s1. The number of hydrogen-bond acceptors (Lipinski definition) is 3. The summed E-state index contributed by atoms with van der Waals surface area (Å²) in [7, 11) is 0. The minimum absolute atomic E-state index is 0. The molecule has 0 amide bonds. The van der Waals surface area contributed by atoms with E-state index in [1.54, 1.807) is 6.20 Å². The maximum absolute atomic E-state index is 6.16. The van der Waals surface area contributed by atoms with E-state index in [-0.39, 0.29) is 24.8 Å². The first-order valence-electron chi connectivity index (χ1n) is 5.88. The van der Waals surface area contributed by atoms with E-state index in [0.717, 1.165) is 38.2 Å². The average molecular weight is 313 g/mol. The minimum atomic E-state index is 0. The van der Waals surface area contributed by atoms with Crippen LogP contribution in [0.4, 0.5) is 0 Å². The zero-order valence-corrected chi connectivity index (χ0v) is 12.8. The van der Waals surface area contributed by atoms with Gasteiger partial charge in [0.25, 0.3) is 0 Å². The van der Waals surface area contributed by atoms with E-state index in [2.05, 4.69) is 28.2 Å². The molecule has 0 aliphatic carbocycles. The summed E-state index contributed by atoms with van der Waals surface area (Å²) in [6, 6.07) is 4.46. The van der Waals surface area contributed by atoms with Crippen LogP contribution < -0.4 is 5.32 Å². The van der Waals surface area contributed by atoms with Crippen molar-refractivity contribution in [3.63, 3.8) is 0 Å². The van der Waals surface area contributed by atoms with Gasteiger partial charge in [-0.15, -0.1) is 24.8 Å². The summed E-state index contributed by atoms with van der Waals surface area (Å²) in [5.74, 6) is 0. The van der Waals surface area contributed by atoms with Crippen molar-refractivity contribution < 1.29 is 0 Å². The molecule has 1 aromatic rings. The summed E-state index contributed by atoms with van der Waals surface area (Å²) in [6.45, 7) is 6.51. The molecule has 1 aromatic heterocycles. The summed E-state index contributed by atoms with van der Waals surface area (Å²) in [5, 5.41) is 4.02. The average Bonchev–Trinajstić information content (AvgIpc) is 2.34. The van der Waals surface area contributed by atoms with Crippen molar-refractivity contribution in [1.82, 2.24) is 15.2 Å². The lowest BCUT2D eigenvalue weighted by Gasteiger charge is -2.34. The van der Waals surface area contributed by atoms with E-state index in [4.69, 9.17) is 11.6 Å². The Balaban J connectivity index is 0.00000144. The van der Waals surface area contributed by atoms with Crippen LogP contribution in [0.15, 0.2) is 18.3 Å². The van der Waals surface area contributed by atoms with E-state index >= 15 is 0 Å². The quantitative estimate of drug-likeness (QED) is 0.870. The molecule has 2 rings (SSSR count). The van der Waals surface area contributed by atoms with Crippen LogP contribution in [0.25, 0.3) is 0 Å². The fraction of sp³-hybridized carbons (Fsp3) is 0.583. The van der Waals surface area contributed by atoms with Gasteiger partial charge in [-0.3, -0.25) is 4.90 Å². The molecule has 0 radical (unpaired) electrons. The lowest BCUT2D eigenvalue weighted by Crippen LogP contribution is -2.45. The molecule has 2 heterocycles. The van der Waals surface area contributed by atoms with Gasteiger partial charge in [0.2, 0.25) is 0 Å². The van der Waals surface area contributed by atoms with Crippen LogP contribution >= 0.6 is 36.4 Å². The van der Waals surface area contributed by atoms with E-state index in [9.17, 15) is 0 Å². The number of nitrogens with one attached hydrogen (secondary N) is 1. The normalized spacial score (nSPS) is 17.4. The van der Waals surface area contributed by atoms with Crippen molar-refractivity contribution in [3.05, 3.63) is 29.0 Å². The smallest absolute Gasteiger partial charge is 0.133 e. The van der Waals surface area contributed by atoms with E-state index < -0.39 is 0 Å². The molecule has 1 atom stereocenters. The molecule has 6 heteroatoms. The highest BCUT2D eigenvalue weighted by molar-refractivity contribution is 6.30. The van der Waals surface area contributed by atoms with Crippen molar-refractivity contribution in [2.75, 3.05) is 26.2 Å². The number of aromatic nitrogens is 1. The van der Waals surface area contributed by atoms with Gasteiger partial charge in [-0.1, -0.05) is 24.6 Å². The molecule has 1 N–H and O–H groups in total. The molecule has 0 bridgehead atoms. The predicted molar refractivity (Wildman–Crippen MR) is 81.2 cm³/mol. The van der Waals surface area contributed by atoms with Gasteiger partial charge < -0.3 is 5.32 Å². The molecular formula is C12H20Cl3N3. The third-order valence-corrected chi connectivity index (χ3v) is 3.44. The fourth-order valence-electron chi connectivity index (χ4n) is 2.32. The van der Waals surface area contributed by atoms with Crippen LogP contribution in [0.2, 0.25) is 5.15 Å². The summed E-state index contributed by atoms with van der Waals surface area (Å²) in [6.07, 6.45) is 2.82. The molecule has 0 unspecified atom stereocenters. The molecule has 1 saturated heterocycles. The molecule has 0 saturated carbocycles. The Morgan fingerprint density at radius 2 is 2.06 bits per heavy atom. The first-order valence-corrected chi connectivity index (χ1v) is 6.26. The third kappa shape index (κ3) is 4.25. The first kappa shape index (κ1) is 17.9.